The molecule has 0 saturated carbocycles. The number of carbonyl (C=O) groups is 2. The van der Waals surface area contributed by atoms with Crippen LogP contribution < -0.4 is 24.8 Å². The van der Waals surface area contributed by atoms with E-state index >= 15 is 0 Å². The van der Waals surface area contributed by atoms with Crippen LogP contribution in [0.2, 0.25) is 0 Å². The molecule has 0 aromatic heterocycles. The third kappa shape index (κ3) is 4.80. The number of nitrogens with one attached hydrogen (secondary N) is 2. The number of benzene rings is 2. The molecule has 2 N–H and O–H groups in total. The summed E-state index contributed by atoms with van der Waals surface area (Å²) in [7, 11) is -0.734. The maximum Gasteiger partial charge on any atom is 0.265 e. The van der Waals surface area contributed by atoms with Crippen molar-refractivity contribution in [1.29, 1.82) is 0 Å². The summed E-state index contributed by atoms with van der Waals surface area (Å²) in [5, 5.41) is 5.54. The van der Waals surface area contributed by atoms with Crippen LogP contribution in [0, 0.1) is 5.92 Å². The molecular weight excluding hydrogens is 462 g/mol. The second kappa shape index (κ2) is 9.51. The van der Waals surface area contributed by atoms with E-state index in [1.165, 1.54) is 30.7 Å². The van der Waals surface area contributed by atoms with Crippen molar-refractivity contribution >= 4 is 33.2 Å². The number of hydrogen-bond donors (Lipinski definition) is 2. The lowest BCUT2D eigenvalue weighted by atomic mass is 9.97. The second-order valence-corrected chi connectivity index (χ2v) is 10.1. The Morgan fingerprint density at radius 1 is 1.09 bits per heavy atom. The quantitative estimate of drug-likeness (QED) is 0.639. The molecule has 4 rings (SSSR count). The first-order valence-electron chi connectivity index (χ1n) is 10.9. The van der Waals surface area contributed by atoms with Gasteiger partial charge in [0.15, 0.2) is 6.10 Å². The van der Waals surface area contributed by atoms with Crippen LogP contribution in [-0.2, 0) is 19.6 Å². The summed E-state index contributed by atoms with van der Waals surface area (Å²) in [5.74, 6) is 0.683. The van der Waals surface area contributed by atoms with Gasteiger partial charge in [-0.3, -0.25) is 9.59 Å². The highest BCUT2D eigenvalue weighted by Gasteiger charge is 2.33. The number of sulfonamides is 1. The maximum atomic E-state index is 13.2. The van der Waals surface area contributed by atoms with Crippen molar-refractivity contribution in [2.24, 2.45) is 5.92 Å². The summed E-state index contributed by atoms with van der Waals surface area (Å²) in [6, 6.07) is 9.51. The molecule has 1 saturated heterocycles. The van der Waals surface area contributed by atoms with Crippen LogP contribution in [-0.4, -0.2) is 58.0 Å². The van der Waals surface area contributed by atoms with Crippen molar-refractivity contribution in [2.75, 3.05) is 37.9 Å². The molecule has 1 unspecified atom stereocenters. The smallest absolute Gasteiger partial charge is 0.265 e. The van der Waals surface area contributed by atoms with Crippen LogP contribution in [0.4, 0.5) is 11.4 Å². The molecule has 2 aromatic carbocycles. The van der Waals surface area contributed by atoms with Gasteiger partial charge < -0.3 is 24.8 Å². The van der Waals surface area contributed by atoms with Gasteiger partial charge in [-0.15, -0.1) is 0 Å². The molecule has 2 aliphatic heterocycles. The Hall–Kier alpha value is -3.31. The molecule has 2 heterocycles. The SMILES string of the molecule is COc1cc(NC(=O)C2CCN(S(=O)(=O)c3ccc4c(c3)NC(=O)C(C)O4)CC2)cc(OC)c1. The number of amides is 2. The van der Waals surface area contributed by atoms with Gasteiger partial charge in [-0.2, -0.15) is 4.31 Å². The first-order chi connectivity index (χ1) is 16.2. The molecule has 1 fully saturated rings. The fourth-order valence-electron chi connectivity index (χ4n) is 3.98. The van der Waals surface area contributed by atoms with Gasteiger partial charge in [-0.1, -0.05) is 0 Å². The topological polar surface area (TPSA) is 123 Å². The minimum Gasteiger partial charge on any atom is -0.497 e. The number of hydrogen-bond acceptors (Lipinski definition) is 7. The largest absolute Gasteiger partial charge is 0.497 e. The third-order valence-corrected chi connectivity index (χ3v) is 7.86. The maximum absolute atomic E-state index is 13.2. The van der Waals surface area contributed by atoms with Crippen molar-refractivity contribution in [2.45, 2.75) is 30.8 Å². The Morgan fingerprint density at radius 2 is 1.74 bits per heavy atom. The highest BCUT2D eigenvalue weighted by atomic mass is 32.2. The Labute approximate surface area is 198 Å². The Bertz CT molecular complexity index is 1180. The molecule has 0 radical (unpaired) electrons. The minimum atomic E-state index is -3.79. The van der Waals surface area contributed by atoms with E-state index < -0.39 is 16.1 Å². The van der Waals surface area contributed by atoms with Gasteiger partial charge >= 0.3 is 0 Å². The van der Waals surface area contributed by atoms with E-state index in [4.69, 9.17) is 14.2 Å². The first-order valence-corrected chi connectivity index (χ1v) is 12.3. The summed E-state index contributed by atoms with van der Waals surface area (Å²) < 4.78 is 43.7. The Kier molecular flexibility index (Phi) is 6.67. The van der Waals surface area contributed by atoms with Crippen LogP contribution in [0.3, 0.4) is 0 Å². The summed E-state index contributed by atoms with van der Waals surface area (Å²) >= 11 is 0. The molecule has 10 nitrogen and oxygen atoms in total. The number of nitrogens with zero attached hydrogens (tertiary/aromatic N) is 1. The number of fused-ring (bicyclic) bond motifs is 1. The highest BCUT2D eigenvalue weighted by molar-refractivity contribution is 7.89. The number of rotatable bonds is 6. The van der Waals surface area contributed by atoms with Crippen molar-refractivity contribution in [3.05, 3.63) is 36.4 Å². The molecule has 2 amide bonds. The average molecular weight is 490 g/mol. The van der Waals surface area contributed by atoms with E-state index in [1.807, 2.05) is 0 Å². The lowest BCUT2D eigenvalue weighted by molar-refractivity contribution is -0.123. The van der Waals surface area contributed by atoms with E-state index in [0.717, 1.165) is 0 Å². The van der Waals surface area contributed by atoms with Gasteiger partial charge in [-0.25, -0.2) is 8.42 Å². The third-order valence-electron chi connectivity index (χ3n) is 5.96. The van der Waals surface area contributed by atoms with E-state index in [9.17, 15) is 18.0 Å². The average Bonchev–Trinajstić information content (AvgIpc) is 2.84. The summed E-state index contributed by atoms with van der Waals surface area (Å²) in [5.41, 5.74) is 0.871. The molecule has 2 aromatic rings. The fraction of sp³-hybridized carbons (Fsp3) is 0.391. The summed E-state index contributed by atoms with van der Waals surface area (Å²) in [4.78, 5) is 24.7. The van der Waals surface area contributed by atoms with Crippen LogP contribution in [0.25, 0.3) is 0 Å². The molecule has 182 valence electrons. The van der Waals surface area contributed by atoms with Crippen LogP contribution >= 0.6 is 0 Å². The zero-order chi connectivity index (χ0) is 24.5. The number of carbonyl (C=O) groups excluding carboxylic acids is 2. The van der Waals surface area contributed by atoms with Gasteiger partial charge in [0.2, 0.25) is 15.9 Å². The Balaban J connectivity index is 1.41. The predicted octanol–water partition coefficient (Wildman–Crippen LogP) is 2.46. The van der Waals surface area contributed by atoms with Crippen LogP contribution in [0.15, 0.2) is 41.3 Å². The van der Waals surface area contributed by atoms with Crippen molar-refractivity contribution < 1.29 is 32.2 Å². The van der Waals surface area contributed by atoms with Crippen molar-refractivity contribution in [3.8, 4) is 17.2 Å². The monoisotopic (exact) mass is 489 g/mol. The van der Waals surface area contributed by atoms with E-state index in [-0.39, 0.29) is 35.7 Å². The lowest BCUT2D eigenvalue weighted by Crippen LogP contribution is -2.41. The zero-order valence-corrected chi connectivity index (χ0v) is 20.0. The molecule has 2 aliphatic rings. The van der Waals surface area contributed by atoms with E-state index in [2.05, 4.69) is 10.6 Å². The minimum absolute atomic E-state index is 0.0658. The van der Waals surface area contributed by atoms with Gasteiger partial charge in [0, 0.05) is 42.9 Å². The molecule has 11 heteroatoms. The standard InChI is InChI=1S/C23H27N3O7S/c1-14-22(27)25-20-13-19(4-5-21(20)33-14)34(29,30)26-8-6-15(7-9-26)23(28)24-16-10-17(31-2)12-18(11-16)32-3/h4-5,10-15H,6-9H2,1-3H3,(H,24,28)(H,25,27). The zero-order valence-electron chi connectivity index (χ0n) is 19.2. The van der Waals surface area contributed by atoms with Gasteiger partial charge in [0.05, 0.1) is 24.8 Å². The highest BCUT2D eigenvalue weighted by Crippen LogP contribution is 2.34. The van der Waals surface area contributed by atoms with Crippen molar-refractivity contribution in [3.63, 3.8) is 0 Å². The van der Waals surface area contributed by atoms with Crippen molar-refractivity contribution in [1.82, 2.24) is 4.31 Å². The fourth-order valence-corrected chi connectivity index (χ4v) is 5.48. The number of piperidine rings is 1. The predicted molar refractivity (Wildman–Crippen MR) is 125 cm³/mol. The summed E-state index contributed by atoms with van der Waals surface area (Å²) in [6.45, 7) is 2.03. The number of methoxy groups -OCH3 is 2. The molecule has 34 heavy (non-hydrogen) atoms. The van der Waals surface area contributed by atoms with Gasteiger partial charge in [0.25, 0.3) is 5.91 Å². The molecular formula is C23H27N3O7S. The van der Waals surface area contributed by atoms with E-state index in [1.54, 1.807) is 31.2 Å². The first kappa shape index (κ1) is 23.8. The number of ether oxygens (including phenoxy) is 3. The van der Waals surface area contributed by atoms with E-state index in [0.29, 0.717) is 41.5 Å². The second-order valence-electron chi connectivity index (χ2n) is 8.18. The molecule has 0 spiro atoms. The van der Waals surface area contributed by atoms with Crippen LogP contribution in [0.1, 0.15) is 19.8 Å². The summed E-state index contributed by atoms with van der Waals surface area (Å²) in [6.07, 6.45) is 0.126. The van der Waals surface area contributed by atoms with Crippen LogP contribution in [0.5, 0.6) is 17.2 Å². The van der Waals surface area contributed by atoms with Gasteiger partial charge in [0.1, 0.15) is 17.2 Å². The normalized spacial score (nSPS) is 18.9. The molecule has 1 atom stereocenters. The van der Waals surface area contributed by atoms with Gasteiger partial charge in [-0.05, 0) is 38.0 Å². The molecule has 0 aliphatic carbocycles. The Morgan fingerprint density at radius 3 is 2.35 bits per heavy atom. The lowest BCUT2D eigenvalue weighted by Gasteiger charge is -2.31. The number of anilines is 2. The molecule has 0 bridgehead atoms.